The summed E-state index contributed by atoms with van der Waals surface area (Å²) in [5, 5.41) is 5.91. The lowest BCUT2D eigenvalue weighted by Gasteiger charge is -2.38. The van der Waals surface area contributed by atoms with Crippen LogP contribution in [0, 0.1) is 3.95 Å². The third-order valence-corrected chi connectivity index (χ3v) is 10.1. The highest BCUT2D eigenvalue weighted by Gasteiger charge is 2.37. The quantitative estimate of drug-likeness (QED) is 0.621. The van der Waals surface area contributed by atoms with Crippen LogP contribution < -0.4 is 5.32 Å². The van der Waals surface area contributed by atoms with E-state index in [2.05, 4.69) is 55.6 Å². The van der Waals surface area contributed by atoms with E-state index in [1.54, 1.807) is 11.3 Å². The van der Waals surface area contributed by atoms with Crippen LogP contribution in [0.5, 0.6) is 0 Å². The summed E-state index contributed by atoms with van der Waals surface area (Å²) in [6, 6.07) is 0.390. The molecule has 0 unspecified atom stereocenters. The van der Waals surface area contributed by atoms with Crippen LogP contribution in [0.15, 0.2) is 11.5 Å². The molecule has 0 radical (unpaired) electrons. The van der Waals surface area contributed by atoms with Crippen LogP contribution in [-0.4, -0.2) is 32.5 Å². The third kappa shape index (κ3) is 4.36. The number of aromatic amines is 1. The Hall–Kier alpha value is -0.273. The molecule has 3 nitrogen and oxygen atoms in total. The molecule has 0 saturated carbocycles. The number of aromatic nitrogens is 1. The van der Waals surface area contributed by atoms with Crippen molar-refractivity contribution in [3.05, 3.63) is 21.1 Å². The summed E-state index contributed by atoms with van der Waals surface area (Å²) in [5.41, 5.74) is 2.52. The zero-order valence-corrected chi connectivity index (χ0v) is 16.2. The smallest absolute Gasteiger partial charge is 0.192 e. The van der Waals surface area contributed by atoms with Gasteiger partial charge in [0.05, 0.1) is 5.69 Å². The topological polar surface area (TPSA) is 37.0 Å². The molecule has 1 aliphatic heterocycles. The van der Waals surface area contributed by atoms with Gasteiger partial charge in [0.2, 0.25) is 0 Å². The molecule has 0 aromatic carbocycles. The first-order chi connectivity index (χ1) is 9.69. The van der Waals surface area contributed by atoms with E-state index < -0.39 is 8.32 Å². The molecule has 0 aliphatic carbocycles. The Bertz CT molecular complexity index is 569. The highest BCUT2D eigenvalue weighted by atomic mass is 32.1. The van der Waals surface area contributed by atoms with Crippen molar-refractivity contribution >= 4 is 37.4 Å². The average molecular weight is 343 g/mol. The van der Waals surface area contributed by atoms with Gasteiger partial charge in [0.25, 0.3) is 0 Å². The molecule has 2 rings (SSSR count). The minimum atomic E-state index is -1.67. The van der Waals surface area contributed by atoms with Crippen LogP contribution in [0.3, 0.4) is 0 Å². The molecule has 0 spiro atoms. The predicted octanol–water partition coefficient (Wildman–Crippen LogP) is 4.57. The van der Waals surface area contributed by atoms with Crippen molar-refractivity contribution in [2.75, 3.05) is 13.2 Å². The summed E-state index contributed by atoms with van der Waals surface area (Å²) in [7, 11) is -1.67. The first-order valence-corrected chi connectivity index (χ1v) is 11.6. The Morgan fingerprint density at radius 3 is 2.71 bits per heavy atom. The lowest BCUT2D eigenvalue weighted by Crippen LogP contribution is -2.46. The number of H-pyrrole nitrogens is 1. The highest BCUT2D eigenvalue weighted by Crippen LogP contribution is 2.36. The first-order valence-electron chi connectivity index (χ1n) is 7.43. The number of hydrogen-bond acceptors (Lipinski definition) is 4. The molecule has 0 fully saturated rings. The summed E-state index contributed by atoms with van der Waals surface area (Å²) >= 11 is 6.77. The normalized spacial score (nSPS) is 20.4. The van der Waals surface area contributed by atoms with Gasteiger partial charge in [-0.25, -0.2) is 0 Å². The summed E-state index contributed by atoms with van der Waals surface area (Å²) in [4.78, 5) is 3.27. The second kappa shape index (κ2) is 6.46. The van der Waals surface area contributed by atoms with Crippen LogP contribution in [0.2, 0.25) is 18.1 Å². The van der Waals surface area contributed by atoms with Crippen molar-refractivity contribution in [1.29, 1.82) is 0 Å². The van der Waals surface area contributed by atoms with E-state index in [4.69, 9.17) is 16.6 Å². The Morgan fingerprint density at radius 1 is 1.43 bits per heavy atom. The van der Waals surface area contributed by atoms with E-state index in [0.29, 0.717) is 6.04 Å². The maximum absolute atomic E-state index is 6.34. The predicted molar refractivity (Wildman–Crippen MR) is 97.0 cm³/mol. The Kier molecular flexibility index (Phi) is 5.26. The lowest BCUT2D eigenvalue weighted by atomic mass is 10.0. The second-order valence-corrected chi connectivity index (χ2v) is 13.5. The second-order valence-electron chi connectivity index (χ2n) is 7.17. The van der Waals surface area contributed by atoms with Gasteiger partial charge in [0.15, 0.2) is 12.3 Å². The molecule has 0 amide bonds. The van der Waals surface area contributed by atoms with E-state index in [-0.39, 0.29) is 5.04 Å². The van der Waals surface area contributed by atoms with Gasteiger partial charge < -0.3 is 14.7 Å². The molecule has 2 heterocycles. The van der Waals surface area contributed by atoms with Crippen LogP contribution in [0.25, 0.3) is 5.57 Å². The minimum Gasteiger partial charge on any atom is -0.415 e. The molecule has 0 saturated heterocycles. The average Bonchev–Trinajstić information content (AvgIpc) is 2.82. The summed E-state index contributed by atoms with van der Waals surface area (Å²) in [6.45, 7) is 13.2. The van der Waals surface area contributed by atoms with Gasteiger partial charge in [-0.15, -0.1) is 11.3 Å². The molecule has 1 aromatic rings. The number of hydrogen-bond donors (Lipinski definition) is 2. The van der Waals surface area contributed by atoms with Gasteiger partial charge in [-0.3, -0.25) is 0 Å². The third-order valence-electron chi connectivity index (χ3n) is 4.54. The highest BCUT2D eigenvalue weighted by molar-refractivity contribution is 7.73. The monoisotopic (exact) mass is 342 g/mol. The van der Waals surface area contributed by atoms with Crippen molar-refractivity contribution < 1.29 is 4.43 Å². The Labute approximate surface area is 138 Å². The van der Waals surface area contributed by atoms with Gasteiger partial charge in [0, 0.05) is 24.6 Å². The molecular formula is C15H26N2OS2Si. The Morgan fingerprint density at radius 2 is 2.14 bits per heavy atom. The van der Waals surface area contributed by atoms with Gasteiger partial charge in [0.1, 0.15) is 0 Å². The maximum Gasteiger partial charge on any atom is 0.192 e. The van der Waals surface area contributed by atoms with E-state index in [1.807, 2.05) is 0 Å². The van der Waals surface area contributed by atoms with Crippen molar-refractivity contribution in [3.8, 4) is 0 Å². The SMILES string of the molecule is CC(C)(C)[Si](C)(C)OC[C@@H]1CC(c2csc(=S)[nH]2)=CCN1. The molecule has 1 aliphatic rings. The Balaban J connectivity index is 1.95. The fourth-order valence-corrected chi connectivity index (χ4v) is 3.98. The largest absolute Gasteiger partial charge is 0.415 e. The van der Waals surface area contributed by atoms with E-state index in [1.165, 1.54) is 11.3 Å². The van der Waals surface area contributed by atoms with Gasteiger partial charge in [-0.05, 0) is 42.3 Å². The van der Waals surface area contributed by atoms with Crippen LogP contribution in [0.4, 0.5) is 0 Å². The molecule has 0 bridgehead atoms. The first kappa shape index (κ1) is 17.1. The molecular weight excluding hydrogens is 316 g/mol. The summed E-state index contributed by atoms with van der Waals surface area (Å²) < 4.78 is 7.19. The number of thiazole rings is 1. The number of nitrogens with one attached hydrogen (secondary N) is 2. The fourth-order valence-electron chi connectivity index (χ4n) is 2.07. The minimum absolute atomic E-state index is 0.263. The zero-order valence-electron chi connectivity index (χ0n) is 13.6. The van der Waals surface area contributed by atoms with Crippen molar-refractivity contribution in [2.24, 2.45) is 0 Å². The zero-order chi connectivity index (χ0) is 15.7. The molecule has 1 atom stereocenters. The van der Waals surface area contributed by atoms with Crippen LogP contribution >= 0.6 is 23.6 Å². The maximum atomic E-state index is 6.34. The summed E-state index contributed by atoms with van der Waals surface area (Å²) in [5.74, 6) is 0. The molecule has 1 aromatic heterocycles. The van der Waals surface area contributed by atoms with Crippen molar-refractivity contribution in [2.45, 2.75) is 51.4 Å². The van der Waals surface area contributed by atoms with Crippen molar-refractivity contribution in [1.82, 2.24) is 10.3 Å². The molecule has 118 valence electrons. The van der Waals surface area contributed by atoms with Gasteiger partial charge in [-0.2, -0.15) is 0 Å². The van der Waals surface area contributed by atoms with Crippen LogP contribution in [-0.2, 0) is 4.43 Å². The summed E-state index contributed by atoms with van der Waals surface area (Å²) in [6.07, 6.45) is 3.24. The van der Waals surface area contributed by atoms with E-state index >= 15 is 0 Å². The number of rotatable bonds is 4. The molecule has 6 heteroatoms. The standard InChI is InChI=1S/C15H26N2OS2Si/c1-15(2,3)21(4,5)18-9-12-8-11(6-7-16-12)13-10-20-14(19)17-13/h6,10,12,16H,7-9H2,1-5H3,(H,17,19)/t12-/m0/s1. The fraction of sp³-hybridized carbons (Fsp3) is 0.667. The van der Waals surface area contributed by atoms with E-state index in [0.717, 1.165) is 23.5 Å². The van der Waals surface area contributed by atoms with Gasteiger partial charge >= 0.3 is 0 Å². The van der Waals surface area contributed by atoms with Crippen molar-refractivity contribution in [3.63, 3.8) is 0 Å². The van der Waals surface area contributed by atoms with E-state index in [9.17, 15) is 0 Å². The van der Waals surface area contributed by atoms with Gasteiger partial charge in [-0.1, -0.05) is 26.8 Å². The molecule has 2 N–H and O–H groups in total. The lowest BCUT2D eigenvalue weighted by molar-refractivity contribution is 0.245. The van der Waals surface area contributed by atoms with Crippen LogP contribution in [0.1, 0.15) is 32.9 Å². The molecule has 21 heavy (non-hydrogen) atoms.